The molecule has 10 nitrogen and oxygen atoms in total. The highest BCUT2D eigenvalue weighted by Gasteiger charge is 2.45. The van der Waals surface area contributed by atoms with Gasteiger partial charge < -0.3 is 24.0 Å². The third-order valence-corrected chi connectivity index (χ3v) is 8.19. The lowest BCUT2D eigenvalue weighted by atomic mass is 10.1. The number of rotatable bonds is 7. The standard InChI is InChI=1S/C28H36BrFN6O4/c1-27(2,3)40-26(37)35-10-11-36(19(16-35)6-9-31)24-20-4-5-21(29)22(30)23(20)32-25(33-24)39-18-28(7-8-28)17-34-12-14-38-15-13-34/h4-5,19H,6-8,10-18H2,1-3H3. The van der Waals surface area contributed by atoms with Gasteiger partial charge in [0.05, 0.1) is 42.8 Å². The summed E-state index contributed by atoms with van der Waals surface area (Å²) in [7, 11) is 0. The summed E-state index contributed by atoms with van der Waals surface area (Å²) in [6, 6.07) is 5.38. The van der Waals surface area contributed by atoms with Crippen molar-refractivity contribution in [3.8, 4) is 12.1 Å². The molecule has 1 atom stereocenters. The molecular formula is C28H36BrFN6O4. The summed E-state index contributed by atoms with van der Waals surface area (Å²) in [5, 5.41) is 10.1. The molecular weight excluding hydrogens is 583 g/mol. The molecule has 3 heterocycles. The molecule has 0 spiro atoms. The van der Waals surface area contributed by atoms with Gasteiger partial charge in [0.25, 0.3) is 0 Å². The molecule has 216 valence electrons. The molecule has 0 N–H and O–H groups in total. The van der Waals surface area contributed by atoms with Crippen LogP contribution in [0, 0.1) is 22.6 Å². The molecule has 1 aromatic heterocycles. The average Bonchev–Trinajstić information content (AvgIpc) is 3.68. The zero-order chi connectivity index (χ0) is 28.5. The monoisotopic (exact) mass is 618 g/mol. The summed E-state index contributed by atoms with van der Waals surface area (Å²) in [4.78, 5) is 28.0. The number of nitrogens with zero attached hydrogens (tertiary/aromatic N) is 6. The van der Waals surface area contributed by atoms with Crippen molar-refractivity contribution in [1.29, 1.82) is 5.26 Å². The van der Waals surface area contributed by atoms with E-state index in [1.165, 1.54) is 0 Å². The van der Waals surface area contributed by atoms with E-state index >= 15 is 4.39 Å². The van der Waals surface area contributed by atoms with Crippen LogP contribution in [-0.4, -0.2) is 96.6 Å². The van der Waals surface area contributed by atoms with Crippen LogP contribution in [-0.2, 0) is 9.47 Å². The first-order chi connectivity index (χ1) is 19.1. The molecule has 1 saturated carbocycles. The lowest BCUT2D eigenvalue weighted by molar-refractivity contribution is 0.0215. The molecule has 1 amide bonds. The summed E-state index contributed by atoms with van der Waals surface area (Å²) in [6.07, 6.45) is 1.85. The first-order valence-electron chi connectivity index (χ1n) is 13.8. The van der Waals surface area contributed by atoms with Crippen LogP contribution in [0.15, 0.2) is 16.6 Å². The van der Waals surface area contributed by atoms with Crippen LogP contribution in [0.3, 0.4) is 0 Å². The Bertz CT molecular complexity index is 1290. The zero-order valence-corrected chi connectivity index (χ0v) is 24.9. The predicted molar refractivity (Wildman–Crippen MR) is 151 cm³/mol. The molecule has 3 fully saturated rings. The Morgan fingerprint density at radius 1 is 1.23 bits per heavy atom. The van der Waals surface area contributed by atoms with Gasteiger partial charge in [-0.3, -0.25) is 4.90 Å². The fourth-order valence-corrected chi connectivity index (χ4v) is 5.59. The smallest absolute Gasteiger partial charge is 0.410 e. The highest BCUT2D eigenvalue weighted by atomic mass is 79.9. The Hall–Kier alpha value is -2.75. The first kappa shape index (κ1) is 28.8. The molecule has 0 radical (unpaired) electrons. The van der Waals surface area contributed by atoms with Crippen LogP contribution in [0.2, 0.25) is 0 Å². The quantitative estimate of drug-likeness (QED) is 0.447. The second-order valence-corrected chi connectivity index (χ2v) is 12.8. The van der Waals surface area contributed by atoms with E-state index in [2.05, 4.69) is 31.9 Å². The van der Waals surface area contributed by atoms with Crippen LogP contribution < -0.4 is 9.64 Å². The van der Waals surface area contributed by atoms with E-state index in [-0.39, 0.29) is 35.9 Å². The van der Waals surface area contributed by atoms with Crippen LogP contribution in [0.4, 0.5) is 15.0 Å². The van der Waals surface area contributed by atoms with Gasteiger partial charge in [0.1, 0.15) is 16.9 Å². The fourth-order valence-electron chi connectivity index (χ4n) is 5.27. The van der Waals surface area contributed by atoms with Gasteiger partial charge >= 0.3 is 12.1 Å². The lowest BCUT2D eigenvalue weighted by Crippen LogP contribution is -2.56. The van der Waals surface area contributed by atoms with Crippen LogP contribution in [0.1, 0.15) is 40.0 Å². The van der Waals surface area contributed by atoms with Crippen molar-refractivity contribution in [3.63, 3.8) is 0 Å². The van der Waals surface area contributed by atoms with Crippen molar-refractivity contribution in [2.75, 3.05) is 64.0 Å². The Morgan fingerprint density at radius 2 is 1.98 bits per heavy atom. The van der Waals surface area contributed by atoms with Crippen molar-refractivity contribution in [3.05, 3.63) is 22.4 Å². The fraction of sp³-hybridized carbons (Fsp3) is 0.643. The number of amides is 1. The Morgan fingerprint density at radius 3 is 2.65 bits per heavy atom. The third kappa shape index (κ3) is 6.58. The number of fused-ring (bicyclic) bond motifs is 1. The second kappa shape index (κ2) is 11.6. The van der Waals surface area contributed by atoms with Crippen LogP contribution in [0.5, 0.6) is 6.01 Å². The highest BCUT2D eigenvalue weighted by molar-refractivity contribution is 9.10. The second-order valence-electron chi connectivity index (χ2n) is 11.9. The van der Waals surface area contributed by atoms with E-state index in [1.807, 2.05) is 25.7 Å². The SMILES string of the molecule is CC(C)(C)OC(=O)N1CCN(c2nc(OCC3(CN4CCOCC4)CC3)nc3c(F)c(Br)ccc23)C(CC#N)C1. The van der Waals surface area contributed by atoms with E-state index in [4.69, 9.17) is 19.2 Å². The van der Waals surface area contributed by atoms with Crippen molar-refractivity contribution in [1.82, 2.24) is 19.8 Å². The van der Waals surface area contributed by atoms with Gasteiger partial charge in [-0.05, 0) is 61.7 Å². The maximum Gasteiger partial charge on any atom is 0.410 e. The largest absolute Gasteiger partial charge is 0.463 e. The molecule has 12 heteroatoms. The number of hydrogen-bond donors (Lipinski definition) is 0. The van der Waals surface area contributed by atoms with E-state index in [0.717, 1.165) is 45.7 Å². The van der Waals surface area contributed by atoms with Crippen LogP contribution >= 0.6 is 15.9 Å². The average molecular weight is 620 g/mol. The van der Waals surface area contributed by atoms with Gasteiger partial charge in [0.2, 0.25) is 0 Å². The zero-order valence-electron chi connectivity index (χ0n) is 23.3. The molecule has 5 rings (SSSR count). The molecule has 3 aliphatic rings. The first-order valence-corrected chi connectivity index (χ1v) is 14.6. The van der Waals surface area contributed by atoms with Crippen LogP contribution in [0.25, 0.3) is 10.9 Å². The number of carbonyl (C=O) groups is 1. The molecule has 0 bridgehead atoms. The van der Waals surface area contributed by atoms with E-state index in [0.29, 0.717) is 35.4 Å². The van der Waals surface area contributed by atoms with E-state index in [9.17, 15) is 10.1 Å². The molecule has 1 aliphatic carbocycles. The summed E-state index contributed by atoms with van der Waals surface area (Å²) in [6.45, 7) is 11.2. The highest BCUT2D eigenvalue weighted by Crippen LogP contribution is 2.46. The summed E-state index contributed by atoms with van der Waals surface area (Å²) in [5.74, 6) is -0.00167. The van der Waals surface area contributed by atoms with Crippen molar-refractivity contribution < 1.29 is 23.4 Å². The summed E-state index contributed by atoms with van der Waals surface area (Å²) < 4.78 is 32.9. The number of ether oxygens (including phenoxy) is 3. The number of hydrogen-bond acceptors (Lipinski definition) is 9. The van der Waals surface area contributed by atoms with Gasteiger partial charge in [0.15, 0.2) is 5.82 Å². The van der Waals surface area contributed by atoms with Gasteiger partial charge in [0, 0.05) is 50.1 Å². The minimum Gasteiger partial charge on any atom is -0.463 e. The van der Waals surface area contributed by atoms with Gasteiger partial charge in [-0.25, -0.2) is 9.18 Å². The molecule has 2 saturated heterocycles. The summed E-state index contributed by atoms with van der Waals surface area (Å²) >= 11 is 3.28. The van der Waals surface area contributed by atoms with E-state index < -0.39 is 17.5 Å². The third-order valence-electron chi connectivity index (χ3n) is 7.58. The molecule has 2 aliphatic heterocycles. The summed E-state index contributed by atoms with van der Waals surface area (Å²) in [5.41, 5.74) is -0.439. The number of carbonyl (C=O) groups excluding carboxylic acids is 1. The normalized spacial score (nSPS) is 21.2. The Labute approximate surface area is 242 Å². The van der Waals surface area contributed by atoms with Gasteiger partial charge in [-0.2, -0.15) is 15.2 Å². The number of halogens is 2. The van der Waals surface area contributed by atoms with Crippen molar-refractivity contribution >= 4 is 38.7 Å². The predicted octanol–water partition coefficient (Wildman–Crippen LogP) is 4.36. The molecule has 2 aromatic rings. The number of nitriles is 1. The number of piperazine rings is 1. The lowest BCUT2D eigenvalue weighted by Gasteiger charge is -2.41. The number of benzene rings is 1. The van der Waals surface area contributed by atoms with Crippen molar-refractivity contribution in [2.45, 2.75) is 51.7 Å². The number of morpholine rings is 1. The Balaban J connectivity index is 1.40. The maximum atomic E-state index is 15.3. The minimum absolute atomic E-state index is 0.0357. The van der Waals surface area contributed by atoms with Crippen molar-refractivity contribution in [2.24, 2.45) is 5.41 Å². The van der Waals surface area contributed by atoms with Gasteiger partial charge in [-0.15, -0.1) is 0 Å². The molecule has 40 heavy (non-hydrogen) atoms. The van der Waals surface area contributed by atoms with Gasteiger partial charge in [-0.1, -0.05) is 0 Å². The minimum atomic E-state index is -0.625. The Kier molecular flexibility index (Phi) is 8.36. The number of aromatic nitrogens is 2. The number of anilines is 1. The van der Waals surface area contributed by atoms with E-state index in [1.54, 1.807) is 17.0 Å². The molecule has 1 unspecified atom stereocenters. The maximum absolute atomic E-state index is 15.3. The topological polar surface area (TPSA) is 104 Å². The molecule has 1 aromatic carbocycles.